The van der Waals surface area contributed by atoms with Crippen LogP contribution in [0.3, 0.4) is 0 Å². The van der Waals surface area contributed by atoms with E-state index in [1.54, 1.807) is 21.3 Å². The molecule has 4 heteroatoms. The number of unbranched alkanes of at least 4 members (excludes halogenated alkanes) is 4. The number of fused-ring (bicyclic) bond motifs is 1. The fourth-order valence-corrected chi connectivity index (χ4v) is 5.24. The molecule has 2 aliphatic rings. The fourth-order valence-electron chi connectivity index (χ4n) is 5.24. The fraction of sp³-hybridized carbons (Fsp3) is 1.00. The maximum atomic E-state index is 5.83. The zero-order valence-corrected chi connectivity index (χ0v) is 17.8. The zero-order valence-electron chi connectivity index (χ0n) is 17.8. The molecule has 1 aliphatic carbocycles. The molecular weight excluding hydrogens is 328 g/mol. The van der Waals surface area contributed by atoms with Crippen molar-refractivity contribution in [1.29, 1.82) is 0 Å². The average molecular weight is 371 g/mol. The molecule has 0 aromatic heterocycles. The Kier molecular flexibility index (Phi) is 9.36. The summed E-state index contributed by atoms with van der Waals surface area (Å²) in [6.07, 6.45) is 14.8. The van der Waals surface area contributed by atoms with Gasteiger partial charge in [-0.15, -0.1) is 0 Å². The lowest BCUT2D eigenvalue weighted by Gasteiger charge is -2.44. The van der Waals surface area contributed by atoms with Gasteiger partial charge in [0.1, 0.15) is 0 Å². The van der Waals surface area contributed by atoms with E-state index in [0.717, 1.165) is 12.8 Å². The van der Waals surface area contributed by atoms with E-state index in [0.29, 0.717) is 24.0 Å². The second-order valence-corrected chi connectivity index (χ2v) is 8.26. The van der Waals surface area contributed by atoms with E-state index in [2.05, 4.69) is 13.8 Å². The average Bonchev–Trinajstić information content (AvgIpc) is 3.45. The van der Waals surface area contributed by atoms with Gasteiger partial charge in [-0.05, 0) is 43.9 Å². The molecule has 154 valence electrons. The number of epoxide rings is 1. The molecule has 0 spiro atoms. The van der Waals surface area contributed by atoms with E-state index in [1.807, 2.05) is 0 Å². The minimum absolute atomic E-state index is 0.263. The first-order valence-electron chi connectivity index (χ1n) is 11.0. The van der Waals surface area contributed by atoms with Crippen LogP contribution in [0.5, 0.6) is 0 Å². The Balaban J connectivity index is 2.11. The minimum Gasteiger partial charge on any atom is -0.370 e. The summed E-state index contributed by atoms with van der Waals surface area (Å²) in [5, 5.41) is 0. The quantitative estimate of drug-likeness (QED) is 0.229. The molecular formula is C22H42O4. The number of rotatable bonds is 14. The van der Waals surface area contributed by atoms with Gasteiger partial charge in [0.2, 0.25) is 0 Å². The van der Waals surface area contributed by atoms with Crippen LogP contribution in [0.4, 0.5) is 0 Å². The van der Waals surface area contributed by atoms with E-state index in [1.165, 1.54) is 57.8 Å². The third-order valence-electron chi connectivity index (χ3n) is 6.72. The lowest BCUT2D eigenvalue weighted by molar-refractivity contribution is -0.388. The van der Waals surface area contributed by atoms with Crippen molar-refractivity contribution in [2.45, 2.75) is 103 Å². The topological polar surface area (TPSA) is 40.2 Å². The van der Waals surface area contributed by atoms with Gasteiger partial charge in [0.25, 0.3) is 5.97 Å². The summed E-state index contributed by atoms with van der Waals surface area (Å²) in [5.41, 5.74) is 0. The highest BCUT2D eigenvalue weighted by Crippen LogP contribution is 2.48. The molecule has 0 aromatic rings. The monoisotopic (exact) mass is 370 g/mol. The Morgan fingerprint density at radius 2 is 1.54 bits per heavy atom. The van der Waals surface area contributed by atoms with Crippen molar-refractivity contribution in [2.75, 3.05) is 21.3 Å². The lowest BCUT2D eigenvalue weighted by Crippen LogP contribution is -2.49. The third kappa shape index (κ3) is 5.43. The maximum absolute atomic E-state index is 5.83. The summed E-state index contributed by atoms with van der Waals surface area (Å²) in [7, 11) is 5.15. The first-order chi connectivity index (χ1) is 12.7. The molecule has 1 saturated carbocycles. The Morgan fingerprint density at radius 3 is 2.12 bits per heavy atom. The Morgan fingerprint density at radius 1 is 0.846 bits per heavy atom. The van der Waals surface area contributed by atoms with Crippen LogP contribution in [0.2, 0.25) is 0 Å². The van der Waals surface area contributed by atoms with Gasteiger partial charge in [0.15, 0.2) is 0 Å². The van der Waals surface area contributed by atoms with Gasteiger partial charge in [-0.25, -0.2) is 0 Å². The van der Waals surface area contributed by atoms with Gasteiger partial charge in [0, 0.05) is 27.2 Å². The second kappa shape index (κ2) is 11.0. The van der Waals surface area contributed by atoms with E-state index in [-0.39, 0.29) is 5.92 Å². The number of methoxy groups -OCH3 is 3. The van der Waals surface area contributed by atoms with Crippen molar-refractivity contribution in [1.82, 2.24) is 0 Å². The van der Waals surface area contributed by atoms with E-state index < -0.39 is 5.97 Å². The molecule has 1 aliphatic heterocycles. The minimum atomic E-state index is -0.925. The first kappa shape index (κ1) is 22.1. The van der Waals surface area contributed by atoms with Crippen LogP contribution in [-0.2, 0) is 18.9 Å². The standard InChI is InChI=1S/C22H42O4/c1-6-8-9-10-11-13-18(17-14-15-20-21(16-17)26-20)19(12-7-2)22(23-3,24-4)25-5/h17-21H,6-16H2,1-5H3. The van der Waals surface area contributed by atoms with Gasteiger partial charge < -0.3 is 18.9 Å². The molecule has 2 fully saturated rings. The third-order valence-corrected chi connectivity index (χ3v) is 6.72. The van der Waals surface area contributed by atoms with Crippen molar-refractivity contribution in [3.8, 4) is 0 Å². The summed E-state index contributed by atoms with van der Waals surface area (Å²) in [4.78, 5) is 0. The molecule has 5 atom stereocenters. The Bertz CT molecular complexity index is 374. The molecule has 26 heavy (non-hydrogen) atoms. The lowest BCUT2D eigenvalue weighted by atomic mass is 9.69. The van der Waals surface area contributed by atoms with Gasteiger partial charge in [-0.3, -0.25) is 0 Å². The van der Waals surface area contributed by atoms with Crippen molar-refractivity contribution < 1.29 is 18.9 Å². The van der Waals surface area contributed by atoms with Gasteiger partial charge in [0.05, 0.1) is 12.2 Å². The van der Waals surface area contributed by atoms with Gasteiger partial charge in [-0.1, -0.05) is 52.4 Å². The molecule has 0 radical (unpaired) electrons. The van der Waals surface area contributed by atoms with Crippen LogP contribution in [-0.4, -0.2) is 39.5 Å². The van der Waals surface area contributed by atoms with Crippen LogP contribution >= 0.6 is 0 Å². The Labute approximate surface area is 161 Å². The van der Waals surface area contributed by atoms with Crippen molar-refractivity contribution in [2.24, 2.45) is 17.8 Å². The van der Waals surface area contributed by atoms with Crippen molar-refractivity contribution >= 4 is 0 Å². The zero-order chi connectivity index (χ0) is 19.0. The number of hydrogen-bond donors (Lipinski definition) is 0. The molecule has 1 saturated heterocycles. The summed E-state index contributed by atoms with van der Waals surface area (Å²) in [6.45, 7) is 4.52. The van der Waals surface area contributed by atoms with Crippen LogP contribution in [0, 0.1) is 17.8 Å². The smallest absolute Gasteiger partial charge is 0.285 e. The van der Waals surface area contributed by atoms with E-state index in [4.69, 9.17) is 18.9 Å². The van der Waals surface area contributed by atoms with Crippen LogP contribution in [0.1, 0.15) is 84.5 Å². The Hall–Kier alpha value is -0.160. The summed E-state index contributed by atoms with van der Waals surface area (Å²) in [6, 6.07) is 0. The van der Waals surface area contributed by atoms with Gasteiger partial charge in [-0.2, -0.15) is 0 Å². The highest BCUT2D eigenvalue weighted by Gasteiger charge is 2.51. The first-order valence-corrected chi connectivity index (χ1v) is 11.0. The van der Waals surface area contributed by atoms with E-state index >= 15 is 0 Å². The largest absolute Gasteiger partial charge is 0.370 e. The molecule has 0 aromatic carbocycles. The summed E-state index contributed by atoms with van der Waals surface area (Å²) >= 11 is 0. The van der Waals surface area contributed by atoms with Crippen LogP contribution in [0.25, 0.3) is 0 Å². The van der Waals surface area contributed by atoms with Crippen molar-refractivity contribution in [3.05, 3.63) is 0 Å². The predicted molar refractivity (Wildman–Crippen MR) is 105 cm³/mol. The number of hydrogen-bond acceptors (Lipinski definition) is 4. The van der Waals surface area contributed by atoms with Crippen LogP contribution in [0.15, 0.2) is 0 Å². The SMILES string of the molecule is CCCCCCCC(C1CCC2OC2C1)C(CCC)C(OC)(OC)OC. The molecule has 4 nitrogen and oxygen atoms in total. The predicted octanol–water partition coefficient (Wildman–Crippen LogP) is 5.54. The van der Waals surface area contributed by atoms with Crippen molar-refractivity contribution in [3.63, 3.8) is 0 Å². The highest BCUT2D eigenvalue weighted by molar-refractivity contribution is 4.95. The van der Waals surface area contributed by atoms with E-state index in [9.17, 15) is 0 Å². The molecule has 0 amide bonds. The molecule has 2 rings (SSSR count). The molecule has 5 unspecified atom stereocenters. The highest BCUT2D eigenvalue weighted by atomic mass is 16.9. The molecule has 0 N–H and O–H groups in total. The normalized spacial score (nSPS) is 27.8. The second-order valence-electron chi connectivity index (χ2n) is 8.26. The maximum Gasteiger partial charge on any atom is 0.285 e. The number of ether oxygens (including phenoxy) is 4. The summed E-state index contributed by atoms with van der Waals surface area (Å²) < 4.78 is 23.3. The summed E-state index contributed by atoms with van der Waals surface area (Å²) in [5.74, 6) is 0.604. The van der Waals surface area contributed by atoms with Crippen LogP contribution < -0.4 is 0 Å². The molecule has 0 bridgehead atoms. The van der Waals surface area contributed by atoms with Gasteiger partial charge >= 0.3 is 0 Å². The molecule has 1 heterocycles.